The van der Waals surface area contributed by atoms with Gasteiger partial charge in [0, 0.05) is 19.3 Å². The summed E-state index contributed by atoms with van der Waals surface area (Å²) in [7, 11) is 1.72. The zero-order chi connectivity index (χ0) is 28.5. The van der Waals surface area contributed by atoms with Gasteiger partial charge >= 0.3 is 0 Å². The lowest BCUT2D eigenvalue weighted by molar-refractivity contribution is -0.105. The molecule has 1 N–H and O–H groups in total. The smallest absolute Gasteiger partial charge is 0.260 e. The van der Waals surface area contributed by atoms with Crippen molar-refractivity contribution in [2.75, 3.05) is 43.5 Å². The van der Waals surface area contributed by atoms with Crippen molar-refractivity contribution in [3.8, 4) is 16.9 Å². The zero-order valence-corrected chi connectivity index (χ0v) is 23.9. The van der Waals surface area contributed by atoms with E-state index in [0.29, 0.717) is 24.3 Å². The van der Waals surface area contributed by atoms with E-state index in [1.807, 2.05) is 73.7 Å². The van der Waals surface area contributed by atoms with E-state index in [0.717, 1.165) is 42.2 Å². The summed E-state index contributed by atoms with van der Waals surface area (Å²) >= 11 is 0. The molecular formula is C33H43N3O3. The van der Waals surface area contributed by atoms with Gasteiger partial charge in [0.2, 0.25) is 6.41 Å². The summed E-state index contributed by atoms with van der Waals surface area (Å²) in [4.78, 5) is 28.4. The van der Waals surface area contributed by atoms with Crippen molar-refractivity contribution < 1.29 is 14.3 Å². The quantitative estimate of drug-likeness (QED) is 0.234. The molecular weight excluding hydrogens is 486 g/mol. The van der Waals surface area contributed by atoms with Crippen LogP contribution in [0.1, 0.15) is 50.4 Å². The molecule has 0 spiro atoms. The first-order chi connectivity index (χ1) is 19.0. The number of likely N-dealkylation sites (tertiary alicyclic amines) is 1. The van der Waals surface area contributed by atoms with Crippen LogP contribution in [0.4, 0.5) is 11.4 Å². The number of amides is 2. The normalized spacial score (nSPS) is 12.2. The first kappa shape index (κ1) is 31.3. The molecule has 3 aromatic carbocycles. The lowest BCUT2D eigenvalue weighted by Crippen LogP contribution is -2.27. The Morgan fingerprint density at radius 3 is 2.21 bits per heavy atom. The average molecular weight is 530 g/mol. The number of rotatable bonds is 9. The molecule has 0 aromatic heterocycles. The Labute approximate surface area is 234 Å². The molecule has 39 heavy (non-hydrogen) atoms. The standard InChI is InChI=1S/C27H29N3O3.C3H8.C3H6/c1-29(23-10-12-24(13-11-23)33-18-17-30-15-5-6-16-30)27(32)25-14-9-22(19-26(25)28-20-31)21-7-3-2-4-8-21;2*1-3-2/h2-4,7-14,19-20H,5-6,15-18H2,1H3,(H,28,31);3H2,1-2H3;3H,1H2,2H3. The Kier molecular flexibility index (Phi) is 14.1. The van der Waals surface area contributed by atoms with Gasteiger partial charge in [-0.3, -0.25) is 14.5 Å². The maximum Gasteiger partial charge on any atom is 0.260 e. The van der Waals surface area contributed by atoms with Crippen LogP contribution in [-0.4, -0.2) is 50.5 Å². The van der Waals surface area contributed by atoms with Gasteiger partial charge in [-0.1, -0.05) is 62.7 Å². The molecule has 1 fully saturated rings. The van der Waals surface area contributed by atoms with E-state index < -0.39 is 0 Å². The Morgan fingerprint density at radius 2 is 1.62 bits per heavy atom. The molecule has 1 saturated heterocycles. The van der Waals surface area contributed by atoms with Gasteiger partial charge in [-0.25, -0.2) is 0 Å². The molecule has 0 radical (unpaired) electrons. The summed E-state index contributed by atoms with van der Waals surface area (Å²) in [6.45, 7) is 13.4. The number of nitrogens with one attached hydrogen (secondary N) is 1. The third-order valence-electron chi connectivity index (χ3n) is 5.98. The first-order valence-electron chi connectivity index (χ1n) is 13.7. The van der Waals surface area contributed by atoms with Gasteiger partial charge in [-0.05, 0) is 80.4 Å². The van der Waals surface area contributed by atoms with Gasteiger partial charge in [0.1, 0.15) is 12.4 Å². The fourth-order valence-corrected chi connectivity index (χ4v) is 4.09. The summed E-state index contributed by atoms with van der Waals surface area (Å²) in [5.41, 5.74) is 3.59. The molecule has 0 saturated carbocycles. The van der Waals surface area contributed by atoms with Crippen molar-refractivity contribution in [1.82, 2.24) is 4.90 Å². The number of ether oxygens (including phenoxy) is 1. The minimum atomic E-state index is -0.207. The summed E-state index contributed by atoms with van der Waals surface area (Å²) in [5, 5.41) is 2.68. The number of carbonyl (C=O) groups excluding carboxylic acids is 2. The van der Waals surface area contributed by atoms with E-state index in [1.165, 1.54) is 19.3 Å². The van der Waals surface area contributed by atoms with E-state index >= 15 is 0 Å². The van der Waals surface area contributed by atoms with Crippen LogP contribution >= 0.6 is 0 Å². The highest BCUT2D eigenvalue weighted by Crippen LogP contribution is 2.28. The monoisotopic (exact) mass is 529 g/mol. The van der Waals surface area contributed by atoms with Crippen LogP contribution < -0.4 is 15.0 Å². The molecule has 4 rings (SSSR count). The lowest BCUT2D eigenvalue weighted by Gasteiger charge is -2.20. The van der Waals surface area contributed by atoms with E-state index in [9.17, 15) is 9.59 Å². The number of hydrogen-bond acceptors (Lipinski definition) is 4. The van der Waals surface area contributed by atoms with Crippen molar-refractivity contribution in [2.24, 2.45) is 0 Å². The predicted octanol–water partition coefficient (Wildman–Crippen LogP) is 7.28. The van der Waals surface area contributed by atoms with E-state index in [4.69, 9.17) is 4.74 Å². The maximum atomic E-state index is 13.2. The third kappa shape index (κ3) is 10.1. The largest absolute Gasteiger partial charge is 0.492 e. The third-order valence-corrected chi connectivity index (χ3v) is 5.98. The summed E-state index contributed by atoms with van der Waals surface area (Å²) < 4.78 is 5.86. The summed E-state index contributed by atoms with van der Waals surface area (Å²) in [6, 6.07) is 22.8. The Morgan fingerprint density at radius 1 is 1.00 bits per heavy atom. The van der Waals surface area contributed by atoms with Crippen LogP contribution in [0, 0.1) is 0 Å². The predicted molar refractivity (Wildman–Crippen MR) is 164 cm³/mol. The number of nitrogens with zero attached hydrogens (tertiary/aromatic N) is 2. The van der Waals surface area contributed by atoms with Crippen molar-refractivity contribution >= 4 is 23.7 Å². The molecule has 0 unspecified atom stereocenters. The molecule has 6 heteroatoms. The number of benzene rings is 3. The number of carbonyl (C=O) groups is 2. The summed E-state index contributed by atoms with van der Waals surface area (Å²) in [6.07, 6.45) is 6.14. The van der Waals surface area contributed by atoms with Crippen molar-refractivity contribution in [1.29, 1.82) is 0 Å². The molecule has 0 bridgehead atoms. The second-order valence-corrected chi connectivity index (χ2v) is 9.26. The van der Waals surface area contributed by atoms with Gasteiger partial charge in [0.15, 0.2) is 0 Å². The first-order valence-corrected chi connectivity index (χ1v) is 13.7. The molecule has 0 atom stereocenters. The van der Waals surface area contributed by atoms with Crippen molar-refractivity contribution in [3.63, 3.8) is 0 Å². The molecule has 6 nitrogen and oxygen atoms in total. The minimum Gasteiger partial charge on any atom is -0.492 e. The van der Waals surface area contributed by atoms with Crippen LogP contribution in [-0.2, 0) is 4.79 Å². The zero-order valence-electron chi connectivity index (χ0n) is 23.9. The average Bonchev–Trinajstić information content (AvgIpc) is 3.48. The van der Waals surface area contributed by atoms with Crippen LogP contribution in [0.3, 0.4) is 0 Å². The van der Waals surface area contributed by atoms with Crippen LogP contribution in [0.15, 0.2) is 85.5 Å². The Bertz CT molecular complexity index is 1140. The number of anilines is 2. The van der Waals surface area contributed by atoms with Crippen LogP contribution in [0.5, 0.6) is 5.75 Å². The van der Waals surface area contributed by atoms with Gasteiger partial charge in [-0.2, -0.15) is 0 Å². The van der Waals surface area contributed by atoms with E-state index in [2.05, 4.69) is 30.6 Å². The molecule has 0 aliphatic carbocycles. The van der Waals surface area contributed by atoms with Crippen LogP contribution in [0.25, 0.3) is 11.1 Å². The maximum absolute atomic E-state index is 13.2. The number of allylic oxidation sites excluding steroid dienone is 1. The molecule has 1 aliphatic rings. The van der Waals surface area contributed by atoms with Gasteiger partial charge < -0.3 is 15.0 Å². The van der Waals surface area contributed by atoms with Gasteiger partial charge in [-0.15, -0.1) is 6.58 Å². The second-order valence-electron chi connectivity index (χ2n) is 9.26. The van der Waals surface area contributed by atoms with Gasteiger partial charge in [0.25, 0.3) is 5.91 Å². The molecule has 2 amide bonds. The Balaban J connectivity index is 0.000000815. The van der Waals surface area contributed by atoms with Crippen molar-refractivity contribution in [2.45, 2.75) is 40.0 Å². The summed E-state index contributed by atoms with van der Waals surface area (Å²) in [5.74, 6) is 0.580. The van der Waals surface area contributed by atoms with Gasteiger partial charge in [0.05, 0.1) is 11.3 Å². The number of hydrogen-bond donors (Lipinski definition) is 1. The minimum absolute atomic E-state index is 0.207. The highest BCUT2D eigenvalue weighted by atomic mass is 16.5. The highest BCUT2D eigenvalue weighted by molar-refractivity contribution is 6.10. The SMILES string of the molecule is C=CC.CCC.CN(C(=O)c1ccc(-c2ccccc2)cc1NC=O)c1ccc(OCCN2CCCC2)cc1. The highest BCUT2D eigenvalue weighted by Gasteiger charge is 2.18. The Hall–Kier alpha value is -3.90. The fourth-order valence-electron chi connectivity index (χ4n) is 4.09. The molecule has 3 aromatic rings. The molecule has 208 valence electrons. The van der Waals surface area contributed by atoms with Crippen molar-refractivity contribution in [3.05, 3.63) is 91.0 Å². The molecule has 1 aliphatic heterocycles. The van der Waals surface area contributed by atoms with Crippen LogP contribution in [0.2, 0.25) is 0 Å². The van der Waals surface area contributed by atoms with E-state index in [-0.39, 0.29) is 5.91 Å². The second kappa shape index (κ2) is 17.6. The van der Waals surface area contributed by atoms with E-state index in [1.54, 1.807) is 24.1 Å². The molecule has 1 heterocycles. The lowest BCUT2D eigenvalue weighted by atomic mass is 10.0. The topological polar surface area (TPSA) is 61.9 Å². The fraction of sp³-hybridized carbons (Fsp3) is 0.333.